The van der Waals surface area contributed by atoms with E-state index in [-0.39, 0.29) is 0 Å². The quantitative estimate of drug-likeness (QED) is 0.299. The molecule has 0 rings (SSSR count). The van der Waals surface area contributed by atoms with E-state index in [0.717, 1.165) is 36.1 Å². The normalized spacial score (nSPS) is 11.9. The number of rotatable bonds is 7. The number of hydrogen-bond acceptors (Lipinski definition) is 2. The van der Waals surface area contributed by atoms with E-state index < -0.39 is 0 Å². The molecule has 0 unspecified atom stereocenters. The summed E-state index contributed by atoms with van der Waals surface area (Å²) < 4.78 is 0. The van der Waals surface area contributed by atoms with Gasteiger partial charge in [0.15, 0.2) is 0 Å². The van der Waals surface area contributed by atoms with E-state index in [1.165, 1.54) is 0 Å². The van der Waals surface area contributed by atoms with Gasteiger partial charge >= 0.3 is 0 Å². The Morgan fingerprint density at radius 3 is 2.40 bits per heavy atom. The van der Waals surface area contributed by atoms with E-state index in [4.69, 9.17) is 25.8 Å². The molecule has 0 saturated heterocycles. The Morgan fingerprint density at radius 2 is 2.07 bits per heavy atom. The summed E-state index contributed by atoms with van der Waals surface area (Å²) >= 11 is 5.04. The van der Waals surface area contributed by atoms with Gasteiger partial charge in [0.1, 0.15) is 4.99 Å². The fraction of sp³-hybridized carbons (Fsp3) is 0.545. The monoisotopic (exact) mass is 222 g/mol. The van der Waals surface area contributed by atoms with Gasteiger partial charge in [-0.25, -0.2) is 0 Å². The minimum absolute atomic E-state index is 0.387. The van der Waals surface area contributed by atoms with Crippen molar-refractivity contribution >= 4 is 25.1 Å². The third kappa shape index (κ3) is 4.52. The fourth-order valence-electron chi connectivity index (χ4n) is 1.39. The van der Waals surface area contributed by atoms with Crippen molar-refractivity contribution in [2.24, 2.45) is 5.73 Å². The van der Waals surface area contributed by atoms with Gasteiger partial charge in [-0.05, 0) is 24.9 Å². The molecule has 0 spiro atoms. The fourth-order valence-corrected chi connectivity index (χ4v) is 1.66. The van der Waals surface area contributed by atoms with Gasteiger partial charge in [0.25, 0.3) is 0 Å². The molecule has 2 nitrogen and oxygen atoms in total. The van der Waals surface area contributed by atoms with Crippen LogP contribution in [0.15, 0.2) is 23.4 Å². The van der Waals surface area contributed by atoms with Crippen molar-refractivity contribution in [2.75, 3.05) is 6.44 Å². The van der Waals surface area contributed by atoms with Crippen molar-refractivity contribution in [3.05, 3.63) is 23.4 Å². The van der Waals surface area contributed by atoms with Crippen LogP contribution in [0.1, 0.15) is 33.1 Å². The zero-order valence-corrected chi connectivity index (χ0v) is 10.4. The molecule has 0 aliphatic rings. The predicted octanol–water partition coefficient (Wildman–Crippen LogP) is 2.01. The van der Waals surface area contributed by atoms with Crippen molar-refractivity contribution in [3.63, 3.8) is 0 Å². The van der Waals surface area contributed by atoms with E-state index >= 15 is 0 Å². The first-order chi connectivity index (χ1) is 7.08. The highest BCUT2D eigenvalue weighted by Gasteiger charge is 2.10. The second kappa shape index (κ2) is 7.52. The van der Waals surface area contributed by atoms with Gasteiger partial charge in [0, 0.05) is 11.3 Å². The summed E-state index contributed by atoms with van der Waals surface area (Å²) in [7, 11) is 5.48. The van der Waals surface area contributed by atoms with E-state index in [2.05, 4.69) is 18.8 Å². The van der Waals surface area contributed by atoms with Crippen molar-refractivity contribution in [2.45, 2.75) is 33.1 Å². The van der Waals surface area contributed by atoms with Crippen molar-refractivity contribution in [1.29, 1.82) is 0 Å². The minimum atomic E-state index is 0.387. The highest BCUT2D eigenvalue weighted by Crippen LogP contribution is 2.18. The average Bonchev–Trinajstić information content (AvgIpc) is 2.18. The molecule has 0 aromatic heterocycles. The van der Waals surface area contributed by atoms with Crippen molar-refractivity contribution in [1.82, 2.24) is 5.32 Å². The number of nitrogens with two attached hydrogens (primary N) is 1. The van der Waals surface area contributed by atoms with Gasteiger partial charge < -0.3 is 11.1 Å². The highest BCUT2D eigenvalue weighted by atomic mass is 32.1. The summed E-state index contributed by atoms with van der Waals surface area (Å²) in [4.78, 5) is 0.395. The lowest BCUT2D eigenvalue weighted by atomic mass is 10.00. The van der Waals surface area contributed by atoms with Crippen LogP contribution in [-0.4, -0.2) is 19.3 Å². The van der Waals surface area contributed by atoms with Crippen molar-refractivity contribution in [3.8, 4) is 0 Å². The maximum absolute atomic E-state index is 5.71. The molecule has 2 radical (unpaired) electrons. The van der Waals surface area contributed by atoms with E-state index in [0.29, 0.717) is 11.4 Å². The van der Waals surface area contributed by atoms with Crippen LogP contribution in [-0.2, 0) is 0 Å². The Kier molecular flexibility index (Phi) is 7.13. The lowest BCUT2D eigenvalue weighted by Gasteiger charge is -2.16. The Bertz CT molecular complexity index is 264. The van der Waals surface area contributed by atoms with Crippen LogP contribution in [0, 0.1) is 0 Å². The Morgan fingerprint density at radius 1 is 1.47 bits per heavy atom. The predicted molar refractivity (Wildman–Crippen MR) is 71.9 cm³/mol. The average molecular weight is 222 g/mol. The summed E-state index contributed by atoms with van der Waals surface area (Å²) in [6, 6.07) is 0. The summed E-state index contributed by atoms with van der Waals surface area (Å²) in [5, 5.41) is 3.11. The molecule has 3 N–H and O–H groups in total. The second-order valence-corrected chi connectivity index (χ2v) is 3.75. The van der Waals surface area contributed by atoms with Crippen LogP contribution in [0.4, 0.5) is 0 Å². The molecule has 15 heavy (non-hydrogen) atoms. The number of nitrogens with one attached hydrogen (secondary N) is 1. The zero-order valence-electron chi connectivity index (χ0n) is 9.60. The zero-order chi connectivity index (χ0) is 11.8. The Labute approximate surface area is 99.4 Å². The van der Waals surface area contributed by atoms with Gasteiger partial charge in [-0.3, -0.25) is 0 Å². The molecule has 82 valence electrons. The third-order valence-corrected chi connectivity index (χ3v) is 2.35. The number of allylic oxidation sites excluding steroid dienone is 1. The maximum Gasteiger partial charge on any atom is 0.105 e. The molecule has 0 aromatic carbocycles. The summed E-state index contributed by atoms with van der Waals surface area (Å²) in [6.07, 6.45) is 3.14. The molecule has 0 fully saturated rings. The standard InChI is InChI=1S/C11H19BN2S/c1-4-6-9(14-7-12)10(11(13)15)8(3)5-2/h14H,3-7H2,1-2H3,(H2,13,15)/b10-9-. The van der Waals surface area contributed by atoms with Gasteiger partial charge in [-0.15, -0.1) is 0 Å². The number of hydrogen-bond donors (Lipinski definition) is 2. The van der Waals surface area contributed by atoms with Crippen LogP contribution >= 0.6 is 12.2 Å². The minimum Gasteiger partial charge on any atom is -0.397 e. The lowest BCUT2D eigenvalue weighted by Crippen LogP contribution is -2.23. The molecule has 0 bridgehead atoms. The summed E-state index contributed by atoms with van der Waals surface area (Å²) in [6.45, 7) is 8.11. The van der Waals surface area contributed by atoms with E-state index in [1.807, 2.05) is 6.92 Å². The maximum atomic E-state index is 5.71. The molecule has 0 aliphatic carbocycles. The first-order valence-corrected chi connectivity index (χ1v) is 5.64. The van der Waals surface area contributed by atoms with Crippen LogP contribution in [0.3, 0.4) is 0 Å². The summed E-state index contributed by atoms with van der Waals surface area (Å²) in [5.74, 6) is 0. The lowest BCUT2D eigenvalue weighted by molar-refractivity contribution is 0.793. The molecule has 0 atom stereocenters. The van der Waals surface area contributed by atoms with Crippen molar-refractivity contribution < 1.29 is 0 Å². The highest BCUT2D eigenvalue weighted by molar-refractivity contribution is 7.80. The molecule has 0 aromatic rings. The third-order valence-electron chi connectivity index (χ3n) is 2.14. The van der Waals surface area contributed by atoms with Crippen LogP contribution in [0.5, 0.6) is 0 Å². The molecule has 4 heteroatoms. The van der Waals surface area contributed by atoms with E-state index in [9.17, 15) is 0 Å². The van der Waals surface area contributed by atoms with Crippen LogP contribution < -0.4 is 11.1 Å². The number of thiocarbonyl (C=S) groups is 1. The van der Waals surface area contributed by atoms with Crippen LogP contribution in [0.2, 0.25) is 0 Å². The molecule has 0 heterocycles. The molecule has 0 saturated carbocycles. The molecular formula is C11H19BN2S. The van der Waals surface area contributed by atoms with E-state index in [1.54, 1.807) is 0 Å². The summed E-state index contributed by atoms with van der Waals surface area (Å²) in [5.41, 5.74) is 8.56. The largest absolute Gasteiger partial charge is 0.397 e. The SMILES string of the molecule is [B]CN/C(CCC)=C(/C(=C)CC)C(N)=S. The van der Waals surface area contributed by atoms with Gasteiger partial charge in [0.2, 0.25) is 0 Å². The topological polar surface area (TPSA) is 38.0 Å². The molecule has 0 amide bonds. The smallest absolute Gasteiger partial charge is 0.105 e. The van der Waals surface area contributed by atoms with Gasteiger partial charge in [-0.1, -0.05) is 39.1 Å². The van der Waals surface area contributed by atoms with Crippen LogP contribution in [0.25, 0.3) is 0 Å². The second-order valence-electron chi connectivity index (χ2n) is 3.31. The van der Waals surface area contributed by atoms with Gasteiger partial charge in [-0.2, -0.15) is 0 Å². The first-order valence-electron chi connectivity index (χ1n) is 5.23. The molecule has 0 aliphatic heterocycles. The Hall–Kier alpha value is -0.765. The van der Waals surface area contributed by atoms with Gasteiger partial charge in [0.05, 0.1) is 7.85 Å². The first kappa shape index (κ1) is 14.2. The molecular weight excluding hydrogens is 203 g/mol. The Balaban J connectivity index is 5.13.